The number of carbonyl (C=O) groups is 2. The molecule has 6 nitrogen and oxygen atoms in total. The lowest BCUT2D eigenvalue weighted by molar-refractivity contribution is -0.135. The van der Waals surface area contributed by atoms with Gasteiger partial charge in [0.2, 0.25) is 11.8 Å². The molecule has 1 aromatic rings. The minimum absolute atomic E-state index is 0.0906. The number of unbranched alkanes of at least 4 members (excludes halogenated alkanes) is 3. The molecule has 1 heterocycles. The van der Waals surface area contributed by atoms with E-state index in [9.17, 15) is 9.59 Å². The van der Waals surface area contributed by atoms with E-state index in [1.54, 1.807) is 17.9 Å². The lowest BCUT2D eigenvalue weighted by Gasteiger charge is -2.22. The van der Waals surface area contributed by atoms with Gasteiger partial charge in [-0.2, -0.15) is 0 Å². The van der Waals surface area contributed by atoms with E-state index in [2.05, 4.69) is 17.4 Å². The summed E-state index contributed by atoms with van der Waals surface area (Å²) in [5.74, 6) is 1.06. The molecule has 0 saturated heterocycles. The predicted molar refractivity (Wildman–Crippen MR) is 83.3 cm³/mol. The van der Waals surface area contributed by atoms with E-state index < -0.39 is 0 Å². The van der Waals surface area contributed by atoms with Crippen molar-refractivity contribution in [3.05, 3.63) is 11.8 Å². The van der Waals surface area contributed by atoms with Crippen molar-refractivity contribution in [2.24, 2.45) is 5.92 Å². The van der Waals surface area contributed by atoms with Gasteiger partial charge in [0.1, 0.15) is 5.76 Å². The first-order valence-corrected chi connectivity index (χ1v) is 8.12. The topological polar surface area (TPSA) is 75.4 Å². The molecular weight excluding hydrogens is 282 g/mol. The minimum Gasteiger partial charge on any atom is -0.360 e. The summed E-state index contributed by atoms with van der Waals surface area (Å²) in [5.41, 5.74) is 0. The van der Waals surface area contributed by atoms with Crippen molar-refractivity contribution in [3.8, 4) is 0 Å². The number of nitrogens with zero attached hydrogens (tertiary/aromatic N) is 2. The number of anilines is 1. The van der Waals surface area contributed by atoms with Crippen molar-refractivity contribution < 1.29 is 14.1 Å². The van der Waals surface area contributed by atoms with Gasteiger partial charge in [-0.15, -0.1) is 0 Å². The van der Waals surface area contributed by atoms with Crippen molar-refractivity contribution in [2.75, 3.05) is 18.4 Å². The van der Waals surface area contributed by atoms with E-state index in [1.807, 2.05) is 0 Å². The summed E-state index contributed by atoms with van der Waals surface area (Å²) in [6, 6.07) is 1.66. The highest BCUT2D eigenvalue weighted by Gasteiger charge is 2.33. The molecule has 2 rings (SSSR count). The van der Waals surface area contributed by atoms with Crippen LogP contribution in [0.3, 0.4) is 0 Å². The van der Waals surface area contributed by atoms with Gasteiger partial charge in [-0.3, -0.25) is 9.59 Å². The van der Waals surface area contributed by atoms with Crippen molar-refractivity contribution >= 4 is 17.6 Å². The molecule has 0 aliphatic heterocycles. The Kier molecular flexibility index (Phi) is 5.98. The zero-order valence-corrected chi connectivity index (χ0v) is 13.4. The molecule has 0 atom stereocenters. The number of aromatic nitrogens is 1. The molecule has 0 aromatic carbocycles. The molecular formula is C16H25N3O3. The fraction of sp³-hybridized carbons (Fsp3) is 0.688. The molecule has 1 aliphatic rings. The summed E-state index contributed by atoms with van der Waals surface area (Å²) in [6.07, 6.45) is 6.26. The van der Waals surface area contributed by atoms with Crippen LogP contribution in [0.5, 0.6) is 0 Å². The van der Waals surface area contributed by atoms with Crippen molar-refractivity contribution in [2.45, 2.75) is 52.4 Å². The second-order valence-corrected chi connectivity index (χ2v) is 5.97. The van der Waals surface area contributed by atoms with E-state index in [-0.39, 0.29) is 24.3 Å². The number of aryl methyl sites for hydroxylation is 1. The van der Waals surface area contributed by atoms with Crippen LogP contribution < -0.4 is 5.32 Å². The Hall–Kier alpha value is -1.85. The quantitative estimate of drug-likeness (QED) is 0.712. The summed E-state index contributed by atoms with van der Waals surface area (Å²) in [7, 11) is 0. The maximum Gasteiger partial charge on any atom is 0.245 e. The second kappa shape index (κ2) is 7.96. The predicted octanol–water partition coefficient (Wildman–Crippen LogP) is 2.74. The first-order valence-electron chi connectivity index (χ1n) is 8.12. The maximum atomic E-state index is 12.3. The lowest BCUT2D eigenvalue weighted by Crippen LogP contribution is -2.39. The zero-order chi connectivity index (χ0) is 15.9. The van der Waals surface area contributed by atoms with Crippen molar-refractivity contribution in [3.63, 3.8) is 0 Å². The highest BCUT2D eigenvalue weighted by Crippen LogP contribution is 2.31. The van der Waals surface area contributed by atoms with Crippen LogP contribution in [0.4, 0.5) is 5.82 Å². The molecule has 2 amide bonds. The Morgan fingerprint density at radius 2 is 2.14 bits per heavy atom. The molecule has 0 spiro atoms. The van der Waals surface area contributed by atoms with Crippen LogP contribution in [0.15, 0.2) is 10.6 Å². The van der Waals surface area contributed by atoms with Crippen LogP contribution in [0.25, 0.3) is 0 Å². The summed E-state index contributed by atoms with van der Waals surface area (Å²) < 4.78 is 4.91. The fourth-order valence-corrected chi connectivity index (χ4v) is 2.37. The van der Waals surface area contributed by atoms with Gasteiger partial charge in [0.25, 0.3) is 0 Å². The molecule has 0 bridgehead atoms. The van der Waals surface area contributed by atoms with Crippen LogP contribution >= 0.6 is 0 Å². The van der Waals surface area contributed by atoms with Gasteiger partial charge in [-0.1, -0.05) is 31.3 Å². The summed E-state index contributed by atoms with van der Waals surface area (Å²) in [4.78, 5) is 26.0. The number of carbonyl (C=O) groups excluding carboxylic acids is 2. The first kappa shape index (κ1) is 16.5. The second-order valence-electron chi connectivity index (χ2n) is 5.97. The van der Waals surface area contributed by atoms with Crippen LogP contribution in [-0.2, 0) is 9.59 Å². The van der Waals surface area contributed by atoms with Gasteiger partial charge in [0.05, 0.1) is 6.54 Å². The summed E-state index contributed by atoms with van der Waals surface area (Å²) in [6.45, 7) is 4.66. The van der Waals surface area contributed by atoms with Gasteiger partial charge >= 0.3 is 0 Å². The van der Waals surface area contributed by atoms with E-state index in [4.69, 9.17) is 4.52 Å². The van der Waals surface area contributed by atoms with Crippen LogP contribution in [0, 0.1) is 12.8 Å². The smallest absolute Gasteiger partial charge is 0.245 e. The van der Waals surface area contributed by atoms with Gasteiger partial charge < -0.3 is 14.7 Å². The zero-order valence-electron chi connectivity index (χ0n) is 13.4. The maximum absolute atomic E-state index is 12.3. The number of nitrogens with one attached hydrogen (secondary N) is 1. The largest absolute Gasteiger partial charge is 0.360 e. The van der Waals surface area contributed by atoms with Crippen LogP contribution in [-0.4, -0.2) is 35.0 Å². The van der Waals surface area contributed by atoms with Crippen LogP contribution in [0.2, 0.25) is 0 Å². The minimum atomic E-state index is -0.224. The SMILES string of the molecule is CCCCCCN(CC(=O)Nc1cc(C)on1)C(=O)C1CC1. The molecule has 0 radical (unpaired) electrons. The number of hydrogen-bond donors (Lipinski definition) is 1. The van der Waals surface area contributed by atoms with Gasteiger partial charge in [0.15, 0.2) is 5.82 Å². The first-order chi connectivity index (χ1) is 10.6. The number of hydrogen-bond acceptors (Lipinski definition) is 4. The third kappa shape index (κ3) is 5.16. The molecule has 1 N–H and O–H groups in total. The Bertz CT molecular complexity index is 508. The molecule has 6 heteroatoms. The van der Waals surface area contributed by atoms with Crippen LogP contribution in [0.1, 0.15) is 51.2 Å². The van der Waals surface area contributed by atoms with E-state index in [0.29, 0.717) is 18.1 Å². The standard InChI is InChI=1S/C16H25N3O3/c1-3-4-5-6-9-19(16(21)13-7-8-13)11-15(20)17-14-10-12(2)22-18-14/h10,13H,3-9,11H2,1-2H3,(H,17,18,20). The van der Waals surface area contributed by atoms with Crippen molar-refractivity contribution in [1.82, 2.24) is 10.1 Å². The highest BCUT2D eigenvalue weighted by molar-refractivity contribution is 5.94. The molecule has 1 saturated carbocycles. The van der Waals surface area contributed by atoms with Gasteiger partial charge in [-0.25, -0.2) is 0 Å². The normalized spacial score (nSPS) is 13.9. The van der Waals surface area contributed by atoms with E-state index in [0.717, 1.165) is 38.5 Å². The Morgan fingerprint density at radius 1 is 1.36 bits per heavy atom. The number of amides is 2. The average Bonchev–Trinajstić information content (AvgIpc) is 3.25. The molecule has 122 valence electrons. The fourth-order valence-electron chi connectivity index (χ4n) is 2.37. The molecule has 1 aromatic heterocycles. The van der Waals surface area contributed by atoms with Crippen molar-refractivity contribution in [1.29, 1.82) is 0 Å². The molecule has 1 fully saturated rings. The Balaban J connectivity index is 1.84. The summed E-state index contributed by atoms with van der Waals surface area (Å²) >= 11 is 0. The average molecular weight is 307 g/mol. The lowest BCUT2D eigenvalue weighted by atomic mass is 10.2. The number of rotatable bonds is 9. The van der Waals surface area contributed by atoms with E-state index in [1.165, 1.54) is 0 Å². The highest BCUT2D eigenvalue weighted by atomic mass is 16.5. The molecule has 22 heavy (non-hydrogen) atoms. The third-order valence-electron chi connectivity index (χ3n) is 3.75. The summed E-state index contributed by atoms with van der Waals surface area (Å²) in [5, 5.41) is 6.40. The Morgan fingerprint density at radius 3 is 2.73 bits per heavy atom. The van der Waals surface area contributed by atoms with Gasteiger partial charge in [-0.05, 0) is 26.2 Å². The van der Waals surface area contributed by atoms with Gasteiger partial charge in [0, 0.05) is 18.5 Å². The van der Waals surface area contributed by atoms with E-state index >= 15 is 0 Å². The Labute approximate surface area is 131 Å². The molecule has 1 aliphatic carbocycles. The third-order valence-corrected chi connectivity index (χ3v) is 3.75. The molecule has 0 unspecified atom stereocenters. The monoisotopic (exact) mass is 307 g/mol.